The number of aromatic nitrogens is 1. The van der Waals surface area contributed by atoms with Gasteiger partial charge in [-0.15, -0.1) is 11.3 Å². The Morgan fingerprint density at radius 3 is 3.05 bits per heavy atom. The predicted molar refractivity (Wildman–Crippen MR) is 67.9 cm³/mol. The molecule has 0 aromatic carbocycles. The standard InChI is InChI=1S/C11H15N3O4S/c1-18-7-4-8(10(15)16)14(6-7)11(17)13-5-9-12-2-3-19-9/h2-3,7-8H,4-6H2,1H3,(H,13,17)(H,15,16). The number of hydrogen-bond donors (Lipinski definition) is 2. The highest BCUT2D eigenvalue weighted by Gasteiger charge is 2.39. The van der Waals surface area contributed by atoms with Crippen LogP contribution in [0.15, 0.2) is 11.6 Å². The number of carboxylic acids is 1. The van der Waals surface area contributed by atoms with Crippen LogP contribution in [0, 0.1) is 0 Å². The number of carbonyl (C=O) groups is 2. The van der Waals surface area contributed by atoms with Gasteiger partial charge in [-0.3, -0.25) is 0 Å². The Bertz CT molecular complexity index is 451. The van der Waals surface area contributed by atoms with E-state index in [9.17, 15) is 9.59 Å². The van der Waals surface area contributed by atoms with Gasteiger partial charge in [0.25, 0.3) is 0 Å². The predicted octanol–water partition coefficient (Wildman–Crippen LogP) is 0.527. The van der Waals surface area contributed by atoms with Crippen LogP contribution in [-0.4, -0.2) is 52.8 Å². The second-order valence-corrected chi connectivity index (χ2v) is 5.16. The molecule has 1 aromatic rings. The van der Waals surface area contributed by atoms with Crippen molar-refractivity contribution >= 4 is 23.3 Å². The quantitative estimate of drug-likeness (QED) is 0.841. The van der Waals surface area contributed by atoms with Gasteiger partial charge in [-0.2, -0.15) is 0 Å². The van der Waals surface area contributed by atoms with E-state index < -0.39 is 18.0 Å². The molecule has 2 unspecified atom stereocenters. The van der Waals surface area contributed by atoms with Crippen LogP contribution in [0.5, 0.6) is 0 Å². The summed E-state index contributed by atoms with van der Waals surface area (Å²) in [6, 6.07) is -1.23. The summed E-state index contributed by atoms with van der Waals surface area (Å²) in [4.78, 5) is 28.5. The largest absolute Gasteiger partial charge is 0.480 e. The van der Waals surface area contributed by atoms with Gasteiger partial charge in [-0.05, 0) is 0 Å². The second-order valence-electron chi connectivity index (χ2n) is 4.18. The second kappa shape index (κ2) is 5.98. The van der Waals surface area contributed by atoms with Gasteiger partial charge in [-0.1, -0.05) is 0 Å². The first-order valence-electron chi connectivity index (χ1n) is 5.80. The lowest BCUT2D eigenvalue weighted by molar-refractivity contribution is -0.141. The highest BCUT2D eigenvalue weighted by Crippen LogP contribution is 2.20. The summed E-state index contributed by atoms with van der Waals surface area (Å²) in [5.41, 5.74) is 0. The molecule has 1 aliphatic rings. The van der Waals surface area contributed by atoms with E-state index in [1.165, 1.54) is 23.3 Å². The molecule has 2 N–H and O–H groups in total. The first kappa shape index (κ1) is 13.8. The SMILES string of the molecule is COC1CC(C(=O)O)N(C(=O)NCc2nccs2)C1. The molecule has 2 atom stereocenters. The number of aliphatic carboxylic acids is 1. The Morgan fingerprint density at radius 2 is 2.47 bits per heavy atom. The fourth-order valence-corrected chi connectivity index (χ4v) is 2.58. The third kappa shape index (κ3) is 3.21. The molecule has 104 valence electrons. The number of amides is 2. The molecule has 0 bridgehead atoms. The topological polar surface area (TPSA) is 91.8 Å². The van der Waals surface area contributed by atoms with E-state index in [0.29, 0.717) is 13.0 Å². The fraction of sp³-hybridized carbons (Fsp3) is 0.545. The number of carboxylic acid groups (broad SMARTS) is 1. The molecule has 0 saturated carbocycles. The van der Waals surface area contributed by atoms with Gasteiger partial charge in [0.15, 0.2) is 0 Å². The number of carbonyl (C=O) groups excluding carboxylic acids is 1. The number of likely N-dealkylation sites (tertiary alicyclic amines) is 1. The minimum Gasteiger partial charge on any atom is -0.480 e. The zero-order valence-corrected chi connectivity index (χ0v) is 11.2. The lowest BCUT2D eigenvalue weighted by Crippen LogP contribution is -2.45. The molecule has 8 heteroatoms. The van der Waals surface area contributed by atoms with E-state index in [1.807, 2.05) is 5.38 Å². The van der Waals surface area contributed by atoms with Gasteiger partial charge in [0.1, 0.15) is 11.0 Å². The number of urea groups is 1. The zero-order valence-electron chi connectivity index (χ0n) is 10.4. The van der Waals surface area contributed by atoms with Crippen LogP contribution in [0.2, 0.25) is 0 Å². The Hall–Kier alpha value is -1.67. The third-order valence-electron chi connectivity index (χ3n) is 3.02. The van der Waals surface area contributed by atoms with Crippen LogP contribution in [0.3, 0.4) is 0 Å². The van der Waals surface area contributed by atoms with Crippen molar-refractivity contribution in [3.05, 3.63) is 16.6 Å². The average molecular weight is 285 g/mol. The number of hydrogen-bond acceptors (Lipinski definition) is 5. The fourth-order valence-electron chi connectivity index (χ4n) is 2.02. The van der Waals surface area contributed by atoms with Crippen molar-refractivity contribution in [2.75, 3.05) is 13.7 Å². The Labute approximate surface area is 114 Å². The third-order valence-corrected chi connectivity index (χ3v) is 3.80. The zero-order chi connectivity index (χ0) is 13.8. The minimum absolute atomic E-state index is 0.230. The molecular formula is C11H15N3O4S. The monoisotopic (exact) mass is 285 g/mol. The molecule has 0 spiro atoms. The average Bonchev–Trinajstić information content (AvgIpc) is 3.04. The molecule has 19 heavy (non-hydrogen) atoms. The van der Waals surface area contributed by atoms with Gasteiger partial charge in [-0.25, -0.2) is 14.6 Å². The normalized spacial score (nSPS) is 22.5. The summed E-state index contributed by atoms with van der Waals surface area (Å²) in [5.74, 6) is -1.01. The Kier molecular flexibility index (Phi) is 4.33. The van der Waals surface area contributed by atoms with Crippen molar-refractivity contribution in [2.24, 2.45) is 0 Å². The smallest absolute Gasteiger partial charge is 0.326 e. The van der Waals surface area contributed by atoms with Crippen LogP contribution in [0.4, 0.5) is 4.79 Å². The first-order chi connectivity index (χ1) is 9.11. The van der Waals surface area contributed by atoms with Gasteiger partial charge < -0.3 is 20.1 Å². The highest BCUT2D eigenvalue weighted by molar-refractivity contribution is 7.09. The molecule has 0 aliphatic carbocycles. The maximum atomic E-state index is 12.0. The number of methoxy groups -OCH3 is 1. The van der Waals surface area contributed by atoms with E-state index in [2.05, 4.69) is 10.3 Å². The van der Waals surface area contributed by atoms with E-state index in [-0.39, 0.29) is 12.6 Å². The minimum atomic E-state index is -1.01. The van der Waals surface area contributed by atoms with Crippen molar-refractivity contribution in [2.45, 2.75) is 25.1 Å². The number of nitrogens with one attached hydrogen (secondary N) is 1. The summed E-state index contributed by atoms with van der Waals surface area (Å²) < 4.78 is 5.13. The number of nitrogens with zero attached hydrogens (tertiary/aromatic N) is 2. The van der Waals surface area contributed by atoms with E-state index in [1.54, 1.807) is 6.20 Å². The highest BCUT2D eigenvalue weighted by atomic mass is 32.1. The van der Waals surface area contributed by atoms with Crippen LogP contribution in [0.1, 0.15) is 11.4 Å². The first-order valence-corrected chi connectivity index (χ1v) is 6.68. The number of thiazole rings is 1. The van der Waals surface area contributed by atoms with Gasteiger partial charge >= 0.3 is 12.0 Å². The van der Waals surface area contributed by atoms with Gasteiger partial charge in [0.05, 0.1) is 12.6 Å². The van der Waals surface area contributed by atoms with Crippen LogP contribution in [0.25, 0.3) is 0 Å². The van der Waals surface area contributed by atoms with Crippen molar-refractivity contribution in [1.82, 2.24) is 15.2 Å². The summed E-state index contributed by atoms with van der Waals surface area (Å²) in [5, 5.41) is 14.4. The molecule has 7 nitrogen and oxygen atoms in total. The van der Waals surface area contributed by atoms with Crippen molar-refractivity contribution in [3.63, 3.8) is 0 Å². The lowest BCUT2D eigenvalue weighted by Gasteiger charge is -2.21. The summed E-state index contributed by atoms with van der Waals surface area (Å²) >= 11 is 1.43. The van der Waals surface area contributed by atoms with E-state index in [4.69, 9.17) is 9.84 Å². The molecular weight excluding hydrogens is 270 g/mol. The van der Waals surface area contributed by atoms with Gasteiger partial charge in [0, 0.05) is 31.7 Å². The molecule has 2 amide bonds. The molecule has 2 rings (SSSR count). The number of rotatable bonds is 4. The van der Waals surface area contributed by atoms with Crippen LogP contribution >= 0.6 is 11.3 Å². The molecule has 1 saturated heterocycles. The van der Waals surface area contributed by atoms with Crippen LogP contribution in [-0.2, 0) is 16.1 Å². The van der Waals surface area contributed by atoms with Crippen molar-refractivity contribution < 1.29 is 19.4 Å². The summed E-state index contributed by atoms with van der Waals surface area (Å²) in [7, 11) is 1.51. The van der Waals surface area contributed by atoms with Crippen molar-refractivity contribution in [1.29, 1.82) is 0 Å². The lowest BCUT2D eigenvalue weighted by atomic mass is 10.2. The van der Waals surface area contributed by atoms with Gasteiger partial charge in [0.2, 0.25) is 0 Å². The molecule has 2 heterocycles. The van der Waals surface area contributed by atoms with E-state index in [0.717, 1.165) is 5.01 Å². The Balaban J connectivity index is 1.94. The summed E-state index contributed by atoms with van der Waals surface area (Å²) in [6.07, 6.45) is 1.74. The van der Waals surface area contributed by atoms with Crippen molar-refractivity contribution in [3.8, 4) is 0 Å². The van der Waals surface area contributed by atoms with E-state index >= 15 is 0 Å². The maximum absolute atomic E-state index is 12.0. The molecule has 1 aromatic heterocycles. The number of ether oxygens (including phenoxy) is 1. The Morgan fingerprint density at radius 1 is 1.68 bits per heavy atom. The summed E-state index contributed by atoms with van der Waals surface area (Å²) in [6.45, 7) is 0.591. The molecule has 0 radical (unpaired) electrons. The maximum Gasteiger partial charge on any atom is 0.326 e. The molecule has 1 aliphatic heterocycles. The van der Waals surface area contributed by atoms with Crippen LogP contribution < -0.4 is 5.32 Å². The molecule has 1 fully saturated rings.